The van der Waals surface area contributed by atoms with Gasteiger partial charge in [0.05, 0.1) is 6.10 Å². The second kappa shape index (κ2) is 6.93. The first-order valence-corrected chi connectivity index (χ1v) is 7.94. The van der Waals surface area contributed by atoms with Crippen LogP contribution in [0.2, 0.25) is 0 Å². The summed E-state index contributed by atoms with van der Waals surface area (Å²) in [6, 6.07) is -0.0677. The van der Waals surface area contributed by atoms with Crippen molar-refractivity contribution in [3.63, 3.8) is 0 Å². The summed E-state index contributed by atoms with van der Waals surface area (Å²) in [6.45, 7) is 3.28. The van der Waals surface area contributed by atoms with E-state index in [1.807, 2.05) is 12.4 Å². The molecule has 2 aliphatic rings. The Hall–Kier alpha value is -1.56. The molecule has 0 unspecified atom stereocenters. The zero-order valence-electron chi connectivity index (χ0n) is 12.4. The summed E-state index contributed by atoms with van der Waals surface area (Å²) in [6.07, 6.45) is 9.44. The van der Waals surface area contributed by atoms with Gasteiger partial charge in [0.1, 0.15) is 5.82 Å². The van der Waals surface area contributed by atoms with Crippen LogP contribution in [-0.4, -0.2) is 41.4 Å². The number of ether oxygens (including phenoxy) is 1. The molecule has 21 heavy (non-hydrogen) atoms. The molecule has 0 saturated carbocycles. The Morgan fingerprint density at radius 2 is 2.38 bits per heavy atom. The van der Waals surface area contributed by atoms with Crippen LogP contribution in [0.4, 0.5) is 4.79 Å². The first-order chi connectivity index (χ1) is 10.3. The number of hydrogen-bond acceptors (Lipinski definition) is 3. The zero-order chi connectivity index (χ0) is 14.5. The second-order valence-corrected chi connectivity index (χ2v) is 5.96. The Morgan fingerprint density at radius 1 is 1.43 bits per heavy atom. The van der Waals surface area contributed by atoms with Gasteiger partial charge in [-0.2, -0.15) is 0 Å². The number of carbonyl (C=O) groups excluding carboxylic acids is 1. The van der Waals surface area contributed by atoms with E-state index < -0.39 is 0 Å². The lowest BCUT2D eigenvalue weighted by Gasteiger charge is -2.23. The van der Waals surface area contributed by atoms with Crippen molar-refractivity contribution in [1.82, 2.24) is 20.2 Å². The van der Waals surface area contributed by atoms with E-state index in [0.717, 1.165) is 57.6 Å². The third-order valence-electron chi connectivity index (χ3n) is 4.38. The molecule has 0 aromatic carbocycles. The normalized spacial score (nSPS) is 24.6. The summed E-state index contributed by atoms with van der Waals surface area (Å²) in [4.78, 5) is 16.1. The molecule has 3 heterocycles. The summed E-state index contributed by atoms with van der Waals surface area (Å²) in [5, 5.41) is 5.89. The van der Waals surface area contributed by atoms with Gasteiger partial charge in [0.25, 0.3) is 0 Å². The highest BCUT2D eigenvalue weighted by Gasteiger charge is 2.19. The fourth-order valence-electron chi connectivity index (χ4n) is 3.11. The van der Waals surface area contributed by atoms with Gasteiger partial charge in [-0.25, -0.2) is 9.78 Å². The van der Waals surface area contributed by atoms with Crippen LogP contribution < -0.4 is 10.6 Å². The minimum atomic E-state index is -0.0677. The number of nitrogens with zero attached hydrogens (tertiary/aromatic N) is 2. The summed E-state index contributed by atoms with van der Waals surface area (Å²) in [7, 11) is 0. The molecular weight excluding hydrogens is 268 g/mol. The van der Waals surface area contributed by atoms with Crippen molar-refractivity contribution >= 4 is 6.03 Å². The van der Waals surface area contributed by atoms with Gasteiger partial charge in [0.2, 0.25) is 0 Å². The lowest BCUT2D eigenvalue weighted by Crippen LogP contribution is -2.40. The molecule has 2 atom stereocenters. The fraction of sp³-hybridized carbons (Fsp3) is 0.733. The van der Waals surface area contributed by atoms with E-state index >= 15 is 0 Å². The zero-order valence-corrected chi connectivity index (χ0v) is 12.4. The number of aromatic nitrogens is 2. The Balaban J connectivity index is 1.31. The van der Waals surface area contributed by atoms with Gasteiger partial charge in [0, 0.05) is 45.1 Å². The molecule has 0 aliphatic carbocycles. The van der Waals surface area contributed by atoms with Gasteiger partial charge in [-0.3, -0.25) is 0 Å². The Morgan fingerprint density at radius 3 is 3.24 bits per heavy atom. The molecule has 2 N–H and O–H groups in total. The average Bonchev–Trinajstić information content (AvgIpc) is 3.15. The maximum Gasteiger partial charge on any atom is 0.314 e. The predicted octanol–water partition coefficient (Wildman–Crippen LogP) is 1.31. The highest BCUT2D eigenvalue weighted by Crippen LogP contribution is 2.18. The monoisotopic (exact) mass is 292 g/mol. The molecule has 1 saturated heterocycles. The van der Waals surface area contributed by atoms with Gasteiger partial charge >= 0.3 is 6.03 Å². The molecule has 2 amide bonds. The Labute approximate surface area is 125 Å². The van der Waals surface area contributed by atoms with Crippen LogP contribution in [0.3, 0.4) is 0 Å². The van der Waals surface area contributed by atoms with E-state index in [1.165, 1.54) is 0 Å². The van der Waals surface area contributed by atoms with Crippen LogP contribution in [0.25, 0.3) is 0 Å². The van der Waals surface area contributed by atoms with Crippen molar-refractivity contribution in [2.24, 2.45) is 5.92 Å². The van der Waals surface area contributed by atoms with Crippen molar-refractivity contribution in [3.05, 3.63) is 18.2 Å². The van der Waals surface area contributed by atoms with Crippen LogP contribution >= 0.6 is 0 Å². The summed E-state index contributed by atoms with van der Waals surface area (Å²) < 4.78 is 7.73. The van der Waals surface area contributed by atoms with E-state index in [2.05, 4.69) is 20.2 Å². The number of fused-ring (bicyclic) bond motifs is 1. The molecule has 1 fully saturated rings. The number of nitrogens with one attached hydrogen (secondary N) is 2. The molecule has 2 aliphatic heterocycles. The topological polar surface area (TPSA) is 68.2 Å². The van der Waals surface area contributed by atoms with Crippen molar-refractivity contribution in [2.75, 3.05) is 19.7 Å². The molecule has 1 aromatic rings. The van der Waals surface area contributed by atoms with Crippen LogP contribution in [0.1, 0.15) is 31.5 Å². The molecule has 3 rings (SSSR count). The number of rotatable bonds is 5. The third-order valence-corrected chi connectivity index (χ3v) is 4.38. The van der Waals surface area contributed by atoms with Crippen molar-refractivity contribution in [3.8, 4) is 0 Å². The molecule has 0 radical (unpaired) electrons. The minimum absolute atomic E-state index is 0.0677. The Kier molecular flexibility index (Phi) is 4.75. The number of carbonyl (C=O) groups is 1. The van der Waals surface area contributed by atoms with Gasteiger partial charge in [-0.1, -0.05) is 0 Å². The number of aryl methyl sites for hydroxylation is 1. The first kappa shape index (κ1) is 14.4. The molecule has 6 nitrogen and oxygen atoms in total. The summed E-state index contributed by atoms with van der Waals surface area (Å²) in [5.74, 6) is 1.62. The summed E-state index contributed by atoms with van der Waals surface area (Å²) >= 11 is 0. The maximum absolute atomic E-state index is 11.8. The molecule has 0 bridgehead atoms. The van der Waals surface area contributed by atoms with Crippen LogP contribution in [0, 0.1) is 5.92 Å². The third kappa shape index (κ3) is 3.97. The van der Waals surface area contributed by atoms with E-state index in [1.54, 1.807) is 0 Å². The van der Waals surface area contributed by atoms with Crippen molar-refractivity contribution in [1.29, 1.82) is 0 Å². The predicted molar refractivity (Wildman–Crippen MR) is 79.0 cm³/mol. The molecule has 116 valence electrons. The second-order valence-electron chi connectivity index (χ2n) is 5.96. The van der Waals surface area contributed by atoms with Crippen molar-refractivity contribution in [2.45, 2.75) is 44.8 Å². The average molecular weight is 292 g/mol. The maximum atomic E-state index is 11.8. The number of imidazole rings is 1. The van der Waals surface area contributed by atoms with E-state index in [9.17, 15) is 4.79 Å². The van der Waals surface area contributed by atoms with E-state index in [0.29, 0.717) is 18.6 Å². The standard InChI is InChI=1S/C15H24N4O2/c20-15(17-5-3-13-2-1-9-21-13)18-11-12-4-7-19-8-6-16-14(19)10-12/h6,8,12-13H,1-5,7,9-11H2,(H2,17,18,20)/t12-,13-/m0/s1. The summed E-state index contributed by atoms with van der Waals surface area (Å²) in [5.41, 5.74) is 0. The lowest BCUT2D eigenvalue weighted by atomic mass is 9.98. The van der Waals surface area contributed by atoms with Gasteiger partial charge in [-0.15, -0.1) is 0 Å². The van der Waals surface area contributed by atoms with Gasteiger partial charge < -0.3 is 19.9 Å². The molecule has 0 spiro atoms. The molecule has 6 heteroatoms. The number of amides is 2. The lowest BCUT2D eigenvalue weighted by molar-refractivity contribution is 0.104. The smallest absolute Gasteiger partial charge is 0.314 e. The molecule has 1 aromatic heterocycles. The van der Waals surface area contributed by atoms with E-state index in [4.69, 9.17) is 4.74 Å². The highest BCUT2D eigenvalue weighted by atomic mass is 16.5. The fourth-order valence-corrected chi connectivity index (χ4v) is 3.11. The van der Waals surface area contributed by atoms with Gasteiger partial charge in [-0.05, 0) is 31.6 Å². The van der Waals surface area contributed by atoms with Crippen LogP contribution in [-0.2, 0) is 17.7 Å². The number of hydrogen-bond donors (Lipinski definition) is 2. The SMILES string of the molecule is O=C(NCC[C@@H]1CCCO1)NC[C@H]1CCn2ccnc2C1. The first-order valence-electron chi connectivity index (χ1n) is 7.94. The highest BCUT2D eigenvalue weighted by molar-refractivity contribution is 5.73. The van der Waals surface area contributed by atoms with Crippen LogP contribution in [0.5, 0.6) is 0 Å². The van der Waals surface area contributed by atoms with Gasteiger partial charge in [0.15, 0.2) is 0 Å². The quantitative estimate of drug-likeness (QED) is 0.860. The largest absolute Gasteiger partial charge is 0.378 e. The van der Waals surface area contributed by atoms with Crippen molar-refractivity contribution < 1.29 is 9.53 Å². The minimum Gasteiger partial charge on any atom is -0.378 e. The van der Waals surface area contributed by atoms with E-state index in [-0.39, 0.29) is 6.03 Å². The number of urea groups is 1. The Bertz CT molecular complexity index is 468. The molecular formula is C15H24N4O2. The van der Waals surface area contributed by atoms with Crippen LogP contribution in [0.15, 0.2) is 12.4 Å².